The SMILES string of the molecule is Cc1cccc(OCCNC(=O)C2CCN(c3ccc(C(F)(F)F)c[nH+]3)CC2)c1. The molecule has 1 aromatic heterocycles. The molecule has 5 nitrogen and oxygen atoms in total. The quantitative estimate of drug-likeness (QED) is 0.747. The van der Waals surface area contributed by atoms with Crippen LogP contribution in [0.1, 0.15) is 24.0 Å². The lowest BCUT2D eigenvalue weighted by atomic mass is 9.96. The van der Waals surface area contributed by atoms with E-state index in [1.165, 1.54) is 6.07 Å². The average Bonchev–Trinajstić information content (AvgIpc) is 2.71. The number of nitrogens with one attached hydrogen (secondary N) is 2. The van der Waals surface area contributed by atoms with E-state index in [-0.39, 0.29) is 11.8 Å². The van der Waals surface area contributed by atoms with Gasteiger partial charge in [0.25, 0.3) is 5.82 Å². The van der Waals surface area contributed by atoms with Gasteiger partial charge in [-0.3, -0.25) is 9.69 Å². The molecule has 1 aliphatic rings. The molecule has 1 aromatic carbocycles. The molecule has 2 aromatic rings. The van der Waals surface area contributed by atoms with Crippen LogP contribution in [-0.2, 0) is 11.0 Å². The molecule has 1 amide bonds. The van der Waals surface area contributed by atoms with E-state index in [9.17, 15) is 18.0 Å². The van der Waals surface area contributed by atoms with Crippen LogP contribution < -0.4 is 19.9 Å². The summed E-state index contributed by atoms with van der Waals surface area (Å²) in [6.45, 7) is 4.04. The maximum Gasteiger partial charge on any atom is 0.419 e. The summed E-state index contributed by atoms with van der Waals surface area (Å²) in [6.07, 6.45) is -2.08. The fourth-order valence-electron chi connectivity index (χ4n) is 3.36. The maximum atomic E-state index is 12.7. The van der Waals surface area contributed by atoms with Crippen molar-refractivity contribution in [3.8, 4) is 5.75 Å². The molecule has 0 bridgehead atoms. The smallest absolute Gasteiger partial charge is 0.419 e. The van der Waals surface area contributed by atoms with Crippen LogP contribution in [0.25, 0.3) is 0 Å². The minimum atomic E-state index is -4.36. The van der Waals surface area contributed by atoms with Gasteiger partial charge in [-0.2, -0.15) is 13.2 Å². The largest absolute Gasteiger partial charge is 0.492 e. The summed E-state index contributed by atoms with van der Waals surface area (Å²) in [4.78, 5) is 17.0. The molecule has 0 aliphatic carbocycles. The Labute approximate surface area is 167 Å². The molecule has 3 rings (SSSR count). The van der Waals surface area contributed by atoms with Gasteiger partial charge in [0.05, 0.1) is 25.2 Å². The number of hydrogen-bond acceptors (Lipinski definition) is 3. The van der Waals surface area contributed by atoms with Crippen molar-refractivity contribution in [1.29, 1.82) is 0 Å². The van der Waals surface area contributed by atoms with E-state index in [0.717, 1.165) is 23.6 Å². The molecule has 1 aliphatic heterocycles. The molecule has 1 fully saturated rings. The van der Waals surface area contributed by atoms with Crippen molar-refractivity contribution >= 4 is 11.7 Å². The Bertz CT molecular complexity index is 817. The van der Waals surface area contributed by atoms with Crippen LogP contribution >= 0.6 is 0 Å². The minimum absolute atomic E-state index is 0.00566. The molecule has 1 saturated heterocycles. The van der Waals surface area contributed by atoms with E-state index >= 15 is 0 Å². The number of ether oxygens (including phenoxy) is 1. The van der Waals surface area contributed by atoms with Crippen molar-refractivity contribution in [2.45, 2.75) is 25.9 Å². The number of nitrogens with zero attached hydrogens (tertiary/aromatic N) is 1. The van der Waals surface area contributed by atoms with Gasteiger partial charge in [0.2, 0.25) is 5.91 Å². The van der Waals surface area contributed by atoms with Crippen LogP contribution in [0.15, 0.2) is 42.6 Å². The number of benzene rings is 1. The number of rotatable bonds is 6. The Morgan fingerprint density at radius 3 is 2.62 bits per heavy atom. The van der Waals surface area contributed by atoms with Gasteiger partial charge >= 0.3 is 6.18 Å². The zero-order valence-corrected chi connectivity index (χ0v) is 16.3. The highest BCUT2D eigenvalue weighted by Gasteiger charge is 2.33. The molecule has 0 atom stereocenters. The molecule has 0 radical (unpaired) electrons. The minimum Gasteiger partial charge on any atom is -0.492 e. The number of anilines is 1. The van der Waals surface area contributed by atoms with Crippen LogP contribution in [0.4, 0.5) is 19.0 Å². The third-order valence-electron chi connectivity index (χ3n) is 4.99. The van der Waals surface area contributed by atoms with Gasteiger partial charge in [-0.15, -0.1) is 0 Å². The summed E-state index contributed by atoms with van der Waals surface area (Å²) in [5.41, 5.74) is 0.409. The standard InChI is InChI=1S/C21H24F3N3O2/c1-15-3-2-4-18(13-15)29-12-9-25-20(28)16-7-10-27(11-8-16)19-6-5-17(14-26-19)21(22,23)24/h2-6,13-14,16H,7-12H2,1H3,(H,25,28)/p+1. The number of piperidine rings is 1. The molecule has 8 heteroatoms. The highest BCUT2D eigenvalue weighted by atomic mass is 19.4. The van der Waals surface area contributed by atoms with E-state index in [4.69, 9.17) is 4.74 Å². The van der Waals surface area contributed by atoms with E-state index in [0.29, 0.717) is 44.9 Å². The number of aromatic amines is 1. The fourth-order valence-corrected chi connectivity index (χ4v) is 3.36. The van der Waals surface area contributed by atoms with E-state index in [1.54, 1.807) is 0 Å². The van der Waals surface area contributed by atoms with Crippen LogP contribution in [-0.4, -0.2) is 32.1 Å². The van der Waals surface area contributed by atoms with Gasteiger partial charge in [-0.05, 0) is 43.5 Å². The number of carbonyl (C=O) groups excluding carboxylic acids is 1. The number of hydrogen-bond donors (Lipinski definition) is 1. The molecule has 0 spiro atoms. The van der Waals surface area contributed by atoms with Crippen LogP contribution in [0.3, 0.4) is 0 Å². The number of halogens is 3. The maximum absolute atomic E-state index is 12.7. The average molecular weight is 408 g/mol. The Morgan fingerprint density at radius 2 is 2.00 bits per heavy atom. The van der Waals surface area contributed by atoms with Gasteiger partial charge < -0.3 is 10.1 Å². The molecule has 0 saturated carbocycles. The van der Waals surface area contributed by atoms with Crippen LogP contribution in [0, 0.1) is 12.8 Å². The third-order valence-corrected chi connectivity index (χ3v) is 4.99. The Kier molecular flexibility index (Phi) is 6.61. The fraction of sp³-hybridized carbons (Fsp3) is 0.429. The molecule has 2 N–H and O–H groups in total. The summed E-state index contributed by atoms with van der Waals surface area (Å²) in [5, 5.41) is 2.90. The first-order valence-electron chi connectivity index (χ1n) is 9.64. The van der Waals surface area contributed by atoms with Crippen molar-refractivity contribution in [1.82, 2.24) is 5.32 Å². The van der Waals surface area contributed by atoms with Crippen LogP contribution in [0.5, 0.6) is 5.75 Å². The van der Waals surface area contributed by atoms with Gasteiger partial charge in [0.15, 0.2) is 0 Å². The molecule has 0 unspecified atom stereocenters. The van der Waals surface area contributed by atoms with Crippen LogP contribution in [0.2, 0.25) is 0 Å². The summed E-state index contributed by atoms with van der Waals surface area (Å²) >= 11 is 0. The van der Waals surface area contributed by atoms with E-state index in [2.05, 4.69) is 10.3 Å². The third kappa shape index (κ3) is 5.85. The number of amides is 1. The first kappa shape index (κ1) is 21.0. The van der Waals surface area contributed by atoms with E-state index < -0.39 is 11.7 Å². The first-order chi connectivity index (χ1) is 13.8. The number of aromatic nitrogens is 1. The van der Waals surface area contributed by atoms with Gasteiger partial charge in [0.1, 0.15) is 18.6 Å². The lowest BCUT2D eigenvalue weighted by Crippen LogP contribution is -2.43. The Balaban J connectivity index is 1.40. The Hall–Kier alpha value is -2.77. The topological polar surface area (TPSA) is 55.7 Å². The summed E-state index contributed by atoms with van der Waals surface area (Å²) in [7, 11) is 0. The second-order valence-electron chi connectivity index (χ2n) is 7.18. The van der Waals surface area contributed by atoms with E-state index in [1.807, 2.05) is 36.1 Å². The Morgan fingerprint density at radius 1 is 1.24 bits per heavy atom. The molecule has 29 heavy (non-hydrogen) atoms. The highest BCUT2D eigenvalue weighted by molar-refractivity contribution is 5.78. The number of alkyl halides is 3. The van der Waals surface area contributed by atoms with Gasteiger partial charge in [0, 0.05) is 12.0 Å². The normalized spacial score (nSPS) is 15.2. The van der Waals surface area contributed by atoms with Crippen molar-refractivity contribution in [2.24, 2.45) is 5.92 Å². The van der Waals surface area contributed by atoms with Crippen molar-refractivity contribution < 1.29 is 27.7 Å². The summed E-state index contributed by atoms with van der Waals surface area (Å²) in [6, 6.07) is 10.2. The zero-order valence-electron chi connectivity index (χ0n) is 16.3. The van der Waals surface area contributed by atoms with Crippen molar-refractivity contribution in [2.75, 3.05) is 31.1 Å². The summed E-state index contributed by atoms with van der Waals surface area (Å²) in [5.74, 6) is 1.30. The monoisotopic (exact) mass is 408 g/mol. The lowest BCUT2D eigenvalue weighted by Gasteiger charge is -2.27. The predicted molar refractivity (Wildman–Crippen MR) is 103 cm³/mol. The molecular weight excluding hydrogens is 383 g/mol. The number of carbonyl (C=O) groups is 1. The van der Waals surface area contributed by atoms with Gasteiger partial charge in [-0.25, -0.2) is 4.98 Å². The molecule has 156 valence electrons. The lowest BCUT2D eigenvalue weighted by molar-refractivity contribution is -0.367. The second kappa shape index (κ2) is 9.15. The first-order valence-corrected chi connectivity index (χ1v) is 9.64. The van der Waals surface area contributed by atoms with Crippen molar-refractivity contribution in [3.05, 3.63) is 53.7 Å². The zero-order chi connectivity index (χ0) is 20.9. The van der Waals surface area contributed by atoms with Gasteiger partial charge in [-0.1, -0.05) is 12.1 Å². The summed E-state index contributed by atoms with van der Waals surface area (Å²) < 4.78 is 43.6. The van der Waals surface area contributed by atoms with Crippen molar-refractivity contribution in [3.63, 3.8) is 0 Å². The predicted octanol–water partition coefficient (Wildman–Crippen LogP) is 3.24. The second-order valence-corrected chi connectivity index (χ2v) is 7.18. The number of H-pyrrole nitrogens is 1. The number of pyridine rings is 1. The highest BCUT2D eigenvalue weighted by Crippen LogP contribution is 2.29. The molecule has 2 heterocycles. The number of aryl methyl sites for hydroxylation is 1. The molecular formula is C21H25F3N3O2+.